The number of amides is 2. The number of hydrogen-bond acceptors (Lipinski definition) is 8. The molecule has 1 aliphatic rings. The Kier molecular flexibility index (Phi) is 7.40. The number of para-hydroxylation sites is 4. The first-order chi connectivity index (χ1) is 18.2. The number of hydrogen-bond donors (Lipinski definition) is 0. The number of ether oxygens (including phenoxy) is 2. The van der Waals surface area contributed by atoms with Crippen LogP contribution < -0.4 is 24.2 Å². The van der Waals surface area contributed by atoms with Gasteiger partial charge in [0, 0.05) is 37.5 Å². The molecule has 11 heteroatoms. The number of nitro benzene ring substituents is 1. The van der Waals surface area contributed by atoms with Crippen LogP contribution in [0.1, 0.15) is 5.56 Å². The molecule has 3 aromatic carbocycles. The van der Waals surface area contributed by atoms with Crippen molar-refractivity contribution in [3.63, 3.8) is 0 Å². The van der Waals surface area contributed by atoms with E-state index in [1.54, 1.807) is 73.6 Å². The van der Waals surface area contributed by atoms with E-state index in [1.165, 1.54) is 42.2 Å². The van der Waals surface area contributed by atoms with Gasteiger partial charge >= 0.3 is 0 Å². The zero-order chi connectivity index (χ0) is 27.6. The van der Waals surface area contributed by atoms with Crippen LogP contribution in [0.4, 0.5) is 22.7 Å². The van der Waals surface area contributed by atoms with Crippen LogP contribution in [0.15, 0.2) is 72.3 Å². The zero-order valence-corrected chi connectivity index (χ0v) is 21.9. The Morgan fingerprint density at radius 2 is 1.37 bits per heavy atom. The fourth-order valence-corrected chi connectivity index (χ4v) is 4.48. The number of carbonyl (C=O) groups is 2. The van der Waals surface area contributed by atoms with Crippen LogP contribution in [0.5, 0.6) is 11.5 Å². The first kappa shape index (κ1) is 26.3. The van der Waals surface area contributed by atoms with Gasteiger partial charge in [0.25, 0.3) is 17.5 Å². The molecule has 10 nitrogen and oxygen atoms in total. The maximum Gasteiger partial charge on any atom is 0.270 e. The quantitative estimate of drug-likeness (QED) is 0.145. The van der Waals surface area contributed by atoms with Crippen LogP contribution >= 0.6 is 12.2 Å². The molecule has 1 heterocycles. The number of nitrogens with zero attached hydrogens (tertiary/aromatic N) is 4. The summed E-state index contributed by atoms with van der Waals surface area (Å²) in [6.07, 6.45) is 1.35. The van der Waals surface area contributed by atoms with Crippen molar-refractivity contribution in [2.75, 3.05) is 43.0 Å². The molecule has 0 radical (unpaired) electrons. The minimum atomic E-state index is -0.702. The molecular formula is C27H24N4O6S. The average molecular weight is 533 g/mol. The number of rotatable bonds is 7. The molecular weight excluding hydrogens is 508 g/mol. The van der Waals surface area contributed by atoms with E-state index >= 15 is 0 Å². The summed E-state index contributed by atoms with van der Waals surface area (Å²) in [6.45, 7) is 0. The van der Waals surface area contributed by atoms with Crippen LogP contribution in [-0.2, 0) is 9.59 Å². The summed E-state index contributed by atoms with van der Waals surface area (Å²) in [5.74, 6) is -0.680. The summed E-state index contributed by atoms with van der Waals surface area (Å²) in [7, 11) is 6.43. The lowest BCUT2D eigenvalue weighted by atomic mass is 10.0. The molecule has 1 fully saturated rings. The molecule has 1 aliphatic heterocycles. The maximum absolute atomic E-state index is 13.9. The van der Waals surface area contributed by atoms with Crippen molar-refractivity contribution in [1.82, 2.24) is 0 Å². The summed E-state index contributed by atoms with van der Waals surface area (Å²) < 4.78 is 10.9. The minimum Gasteiger partial charge on any atom is -0.495 e. The van der Waals surface area contributed by atoms with E-state index in [9.17, 15) is 19.7 Å². The molecule has 0 N–H and O–H groups in total. The van der Waals surface area contributed by atoms with Gasteiger partial charge < -0.3 is 14.4 Å². The van der Waals surface area contributed by atoms with Gasteiger partial charge in [0.2, 0.25) is 0 Å². The SMILES string of the molecule is COc1ccccc1N1C(=O)C(=Cc2cc([N+](=O)[O-])ccc2N(C)C)C(=O)N(c2ccccc2OC)C1=S. The van der Waals surface area contributed by atoms with E-state index in [0.29, 0.717) is 34.1 Å². The lowest BCUT2D eigenvalue weighted by Gasteiger charge is -2.37. The number of thiocarbonyl (C=S) groups is 1. The van der Waals surface area contributed by atoms with Gasteiger partial charge in [-0.05, 0) is 48.6 Å². The second-order valence-corrected chi connectivity index (χ2v) is 8.73. The first-order valence-corrected chi connectivity index (χ1v) is 11.8. The van der Waals surface area contributed by atoms with Crippen LogP contribution in [-0.4, -0.2) is 50.2 Å². The van der Waals surface area contributed by atoms with Gasteiger partial charge in [-0.25, -0.2) is 9.80 Å². The molecule has 2 amide bonds. The van der Waals surface area contributed by atoms with Crippen molar-refractivity contribution in [3.05, 3.63) is 88.0 Å². The minimum absolute atomic E-state index is 0.0991. The largest absolute Gasteiger partial charge is 0.495 e. The Bertz CT molecular complexity index is 1410. The Labute approximate surface area is 224 Å². The second-order valence-electron chi connectivity index (χ2n) is 8.36. The molecule has 0 saturated carbocycles. The van der Waals surface area contributed by atoms with Gasteiger partial charge in [-0.15, -0.1) is 0 Å². The summed E-state index contributed by atoms with van der Waals surface area (Å²) in [5.41, 5.74) is 1.11. The molecule has 0 aromatic heterocycles. The molecule has 0 aliphatic carbocycles. The Balaban J connectivity index is 1.99. The highest BCUT2D eigenvalue weighted by molar-refractivity contribution is 7.81. The fraction of sp³-hybridized carbons (Fsp3) is 0.148. The van der Waals surface area contributed by atoms with Crippen LogP contribution in [0.2, 0.25) is 0 Å². The molecule has 194 valence electrons. The topological polar surface area (TPSA) is 105 Å². The third-order valence-electron chi connectivity index (χ3n) is 5.91. The van der Waals surface area contributed by atoms with Gasteiger partial charge in [0.1, 0.15) is 17.1 Å². The summed E-state index contributed by atoms with van der Waals surface area (Å²) in [4.78, 5) is 43.0. The van der Waals surface area contributed by atoms with E-state index in [4.69, 9.17) is 21.7 Å². The van der Waals surface area contributed by atoms with Crippen molar-refractivity contribution in [2.45, 2.75) is 0 Å². The molecule has 38 heavy (non-hydrogen) atoms. The third kappa shape index (κ3) is 4.66. The van der Waals surface area contributed by atoms with Gasteiger partial charge in [-0.1, -0.05) is 24.3 Å². The summed E-state index contributed by atoms with van der Waals surface area (Å²) in [5, 5.41) is 11.4. The smallest absolute Gasteiger partial charge is 0.270 e. The summed E-state index contributed by atoms with van der Waals surface area (Å²) in [6, 6.07) is 17.8. The van der Waals surface area contributed by atoms with E-state index < -0.39 is 16.7 Å². The van der Waals surface area contributed by atoms with E-state index in [1.807, 2.05) is 0 Å². The molecule has 1 saturated heterocycles. The number of carbonyl (C=O) groups excluding carboxylic acids is 2. The lowest BCUT2D eigenvalue weighted by molar-refractivity contribution is -0.384. The Hall–Kier alpha value is -4.77. The second kappa shape index (κ2) is 10.7. The fourth-order valence-electron chi connectivity index (χ4n) is 4.12. The molecule has 3 aromatic rings. The molecule has 0 spiro atoms. The predicted octanol–water partition coefficient (Wildman–Crippen LogP) is 4.43. The molecule has 0 atom stereocenters. The standard InChI is InChI=1S/C27H24N4O6S/c1-28(2)20-14-13-18(31(34)35)15-17(20)16-19-25(32)29(21-9-5-7-11-23(21)36-3)27(38)30(26(19)33)22-10-6-8-12-24(22)37-4/h5-16H,1-4H3. The van der Waals surface area contributed by atoms with Crippen molar-refractivity contribution < 1.29 is 24.0 Å². The van der Waals surface area contributed by atoms with Crippen molar-refractivity contribution in [3.8, 4) is 11.5 Å². The number of non-ortho nitro benzene ring substituents is 1. The van der Waals surface area contributed by atoms with Crippen molar-refractivity contribution >= 4 is 58.0 Å². The lowest BCUT2D eigenvalue weighted by Crippen LogP contribution is -2.57. The Morgan fingerprint density at radius 3 is 1.82 bits per heavy atom. The van der Waals surface area contributed by atoms with Crippen LogP contribution in [0, 0.1) is 10.1 Å². The van der Waals surface area contributed by atoms with Crippen molar-refractivity contribution in [1.29, 1.82) is 0 Å². The van der Waals surface area contributed by atoms with Gasteiger partial charge in [-0.2, -0.15) is 0 Å². The maximum atomic E-state index is 13.9. The van der Waals surface area contributed by atoms with Gasteiger partial charge in [0.05, 0.1) is 30.5 Å². The zero-order valence-electron chi connectivity index (χ0n) is 21.1. The van der Waals surface area contributed by atoms with E-state index in [0.717, 1.165) is 0 Å². The highest BCUT2D eigenvalue weighted by atomic mass is 32.1. The van der Waals surface area contributed by atoms with Crippen LogP contribution in [0.25, 0.3) is 6.08 Å². The molecule has 0 bridgehead atoms. The number of benzene rings is 3. The van der Waals surface area contributed by atoms with Gasteiger partial charge in [0.15, 0.2) is 5.11 Å². The van der Waals surface area contributed by atoms with Crippen LogP contribution in [0.3, 0.4) is 0 Å². The Morgan fingerprint density at radius 1 is 0.868 bits per heavy atom. The van der Waals surface area contributed by atoms with Gasteiger partial charge in [-0.3, -0.25) is 19.7 Å². The van der Waals surface area contributed by atoms with E-state index in [2.05, 4.69) is 0 Å². The number of anilines is 3. The highest BCUT2D eigenvalue weighted by Gasteiger charge is 2.43. The predicted molar refractivity (Wildman–Crippen MR) is 149 cm³/mol. The summed E-state index contributed by atoms with van der Waals surface area (Å²) >= 11 is 5.70. The number of methoxy groups -OCH3 is 2. The normalized spacial score (nSPS) is 13.5. The average Bonchev–Trinajstić information content (AvgIpc) is 2.91. The highest BCUT2D eigenvalue weighted by Crippen LogP contribution is 2.38. The first-order valence-electron chi connectivity index (χ1n) is 11.4. The number of nitro groups is 1. The molecule has 4 rings (SSSR count). The van der Waals surface area contributed by atoms with E-state index in [-0.39, 0.29) is 16.4 Å². The molecule has 0 unspecified atom stereocenters. The van der Waals surface area contributed by atoms with Crippen molar-refractivity contribution in [2.24, 2.45) is 0 Å². The monoisotopic (exact) mass is 532 g/mol. The third-order valence-corrected chi connectivity index (χ3v) is 6.27.